The van der Waals surface area contributed by atoms with Gasteiger partial charge in [-0.15, -0.1) is 0 Å². The molecule has 0 aliphatic heterocycles. The Hall–Kier alpha value is -1.31. The number of rotatable bonds is 1. The average Bonchev–Trinajstić information content (AvgIpc) is 2.81. The number of primary amides is 1. The van der Waals surface area contributed by atoms with Gasteiger partial charge in [0.25, 0.3) is 0 Å². The van der Waals surface area contributed by atoms with Crippen molar-refractivity contribution in [3.63, 3.8) is 0 Å². The van der Waals surface area contributed by atoms with Crippen LogP contribution in [0.1, 0.15) is 42.5 Å². The summed E-state index contributed by atoms with van der Waals surface area (Å²) < 4.78 is 0. The van der Waals surface area contributed by atoms with Crippen LogP contribution in [0.3, 0.4) is 0 Å². The average molecular weight is 229 g/mol. The summed E-state index contributed by atoms with van der Waals surface area (Å²) in [7, 11) is 0. The molecule has 17 heavy (non-hydrogen) atoms. The van der Waals surface area contributed by atoms with E-state index in [0.29, 0.717) is 5.92 Å². The van der Waals surface area contributed by atoms with Crippen molar-refractivity contribution in [2.45, 2.75) is 44.9 Å². The molecule has 0 saturated heterocycles. The SMILES string of the molecule is CC1Cc2cc3c(cc2C1(C)C(N)=O)CCC3. The highest BCUT2D eigenvalue weighted by Gasteiger charge is 2.45. The van der Waals surface area contributed by atoms with Crippen LogP contribution in [-0.2, 0) is 29.5 Å². The molecular formula is C15H19NO. The van der Waals surface area contributed by atoms with Crippen molar-refractivity contribution >= 4 is 5.91 Å². The van der Waals surface area contributed by atoms with Gasteiger partial charge < -0.3 is 5.73 Å². The number of carbonyl (C=O) groups is 1. The number of benzene rings is 1. The number of nitrogens with two attached hydrogens (primary N) is 1. The number of carbonyl (C=O) groups excluding carboxylic acids is 1. The zero-order valence-corrected chi connectivity index (χ0v) is 10.5. The fraction of sp³-hybridized carbons (Fsp3) is 0.533. The highest BCUT2D eigenvalue weighted by atomic mass is 16.1. The Bertz CT molecular complexity index is 506. The molecule has 0 heterocycles. The Morgan fingerprint density at radius 1 is 1.29 bits per heavy atom. The fourth-order valence-electron chi connectivity index (χ4n) is 3.50. The molecule has 0 saturated carbocycles. The van der Waals surface area contributed by atoms with Crippen LogP contribution in [0.4, 0.5) is 0 Å². The first-order chi connectivity index (χ1) is 8.03. The molecule has 1 amide bonds. The van der Waals surface area contributed by atoms with Gasteiger partial charge in [0.1, 0.15) is 0 Å². The van der Waals surface area contributed by atoms with Gasteiger partial charge in [-0.3, -0.25) is 4.79 Å². The second-order valence-corrected chi connectivity index (χ2v) is 5.80. The lowest BCUT2D eigenvalue weighted by atomic mass is 9.76. The van der Waals surface area contributed by atoms with E-state index in [-0.39, 0.29) is 5.91 Å². The van der Waals surface area contributed by atoms with E-state index in [4.69, 9.17) is 5.73 Å². The first-order valence-electron chi connectivity index (χ1n) is 6.48. The molecule has 0 aromatic heterocycles. The Balaban J connectivity index is 2.19. The van der Waals surface area contributed by atoms with Crippen molar-refractivity contribution < 1.29 is 4.79 Å². The molecule has 3 rings (SSSR count). The monoisotopic (exact) mass is 229 g/mol. The summed E-state index contributed by atoms with van der Waals surface area (Å²) in [5, 5.41) is 0. The summed E-state index contributed by atoms with van der Waals surface area (Å²) in [6.45, 7) is 4.14. The highest BCUT2D eigenvalue weighted by molar-refractivity contribution is 5.88. The van der Waals surface area contributed by atoms with Crippen LogP contribution < -0.4 is 5.73 Å². The summed E-state index contributed by atoms with van der Waals surface area (Å²) in [5.74, 6) is 0.138. The fourth-order valence-corrected chi connectivity index (χ4v) is 3.50. The van der Waals surface area contributed by atoms with E-state index < -0.39 is 5.41 Å². The van der Waals surface area contributed by atoms with Gasteiger partial charge in [-0.1, -0.05) is 19.1 Å². The van der Waals surface area contributed by atoms with Crippen LogP contribution in [0.5, 0.6) is 0 Å². The molecule has 2 nitrogen and oxygen atoms in total. The minimum absolute atomic E-state index is 0.179. The zero-order chi connectivity index (χ0) is 12.2. The van der Waals surface area contributed by atoms with E-state index in [9.17, 15) is 4.79 Å². The van der Waals surface area contributed by atoms with Crippen LogP contribution in [0.15, 0.2) is 12.1 Å². The van der Waals surface area contributed by atoms with Gasteiger partial charge in [0.2, 0.25) is 5.91 Å². The first kappa shape index (κ1) is 10.8. The largest absolute Gasteiger partial charge is 0.369 e. The maximum atomic E-state index is 11.8. The van der Waals surface area contributed by atoms with Crippen molar-refractivity contribution in [2.24, 2.45) is 11.7 Å². The third-order valence-corrected chi connectivity index (χ3v) is 4.90. The molecule has 90 valence electrons. The third kappa shape index (κ3) is 1.30. The molecule has 2 aliphatic carbocycles. The van der Waals surface area contributed by atoms with E-state index in [0.717, 1.165) is 12.8 Å². The van der Waals surface area contributed by atoms with Crippen LogP contribution in [0.2, 0.25) is 0 Å². The lowest BCUT2D eigenvalue weighted by Crippen LogP contribution is -2.41. The predicted octanol–water partition coefficient (Wildman–Crippen LogP) is 2.11. The number of hydrogen-bond acceptors (Lipinski definition) is 1. The quantitative estimate of drug-likeness (QED) is 0.787. The van der Waals surface area contributed by atoms with E-state index in [2.05, 4.69) is 19.1 Å². The predicted molar refractivity (Wildman–Crippen MR) is 67.9 cm³/mol. The summed E-state index contributed by atoms with van der Waals surface area (Å²) in [4.78, 5) is 11.8. The molecule has 2 atom stereocenters. The highest BCUT2D eigenvalue weighted by Crippen LogP contribution is 2.44. The minimum atomic E-state index is -0.465. The second-order valence-electron chi connectivity index (χ2n) is 5.80. The molecule has 1 aromatic carbocycles. The Morgan fingerprint density at radius 3 is 2.59 bits per heavy atom. The normalized spacial score (nSPS) is 30.1. The van der Waals surface area contributed by atoms with Crippen molar-refractivity contribution in [3.8, 4) is 0 Å². The Morgan fingerprint density at radius 2 is 1.94 bits per heavy atom. The number of hydrogen-bond donors (Lipinski definition) is 1. The van der Waals surface area contributed by atoms with Crippen molar-refractivity contribution in [3.05, 3.63) is 34.4 Å². The molecule has 2 N–H and O–H groups in total. The van der Waals surface area contributed by atoms with Gasteiger partial charge >= 0.3 is 0 Å². The van der Waals surface area contributed by atoms with Gasteiger partial charge in [0, 0.05) is 0 Å². The summed E-state index contributed by atoms with van der Waals surface area (Å²) in [6.07, 6.45) is 4.60. The van der Waals surface area contributed by atoms with E-state index >= 15 is 0 Å². The van der Waals surface area contributed by atoms with E-state index in [1.54, 1.807) is 0 Å². The van der Waals surface area contributed by atoms with Crippen LogP contribution in [0.25, 0.3) is 0 Å². The number of amides is 1. The third-order valence-electron chi connectivity index (χ3n) is 4.90. The standard InChI is InChI=1S/C15H19NO/c1-9-6-12-7-10-4-3-5-11(10)8-13(12)15(9,2)14(16)17/h7-9H,3-6H2,1-2H3,(H2,16,17). The van der Waals surface area contributed by atoms with Crippen molar-refractivity contribution in [1.82, 2.24) is 0 Å². The number of aryl methyl sites for hydroxylation is 2. The lowest BCUT2D eigenvalue weighted by Gasteiger charge is -2.27. The lowest BCUT2D eigenvalue weighted by molar-refractivity contribution is -0.124. The molecule has 1 aromatic rings. The molecule has 2 unspecified atom stereocenters. The van der Waals surface area contributed by atoms with Crippen LogP contribution in [0, 0.1) is 5.92 Å². The maximum absolute atomic E-state index is 11.8. The Labute approximate surface area is 102 Å². The molecule has 2 aliphatic rings. The molecule has 0 spiro atoms. The molecule has 0 bridgehead atoms. The second kappa shape index (κ2) is 3.34. The summed E-state index contributed by atoms with van der Waals surface area (Å²) >= 11 is 0. The van der Waals surface area contributed by atoms with Gasteiger partial charge in [-0.05, 0) is 60.8 Å². The smallest absolute Gasteiger partial charge is 0.228 e. The summed E-state index contributed by atoms with van der Waals surface area (Å²) in [5.41, 5.74) is 10.6. The Kier molecular flexibility index (Phi) is 2.13. The number of fused-ring (bicyclic) bond motifs is 2. The van der Waals surface area contributed by atoms with E-state index in [1.165, 1.54) is 35.1 Å². The molecule has 2 heteroatoms. The van der Waals surface area contributed by atoms with Crippen molar-refractivity contribution in [1.29, 1.82) is 0 Å². The zero-order valence-electron chi connectivity index (χ0n) is 10.5. The molecular weight excluding hydrogens is 210 g/mol. The first-order valence-corrected chi connectivity index (χ1v) is 6.48. The minimum Gasteiger partial charge on any atom is -0.369 e. The molecule has 0 radical (unpaired) electrons. The van der Waals surface area contributed by atoms with Crippen molar-refractivity contribution in [2.75, 3.05) is 0 Å². The summed E-state index contributed by atoms with van der Waals surface area (Å²) in [6, 6.07) is 4.58. The van der Waals surface area contributed by atoms with E-state index in [1.807, 2.05) is 6.92 Å². The van der Waals surface area contributed by atoms with Gasteiger partial charge in [-0.25, -0.2) is 0 Å². The van der Waals surface area contributed by atoms with Crippen LogP contribution in [-0.4, -0.2) is 5.91 Å². The van der Waals surface area contributed by atoms with Gasteiger partial charge in [0.05, 0.1) is 5.41 Å². The maximum Gasteiger partial charge on any atom is 0.228 e. The topological polar surface area (TPSA) is 43.1 Å². The van der Waals surface area contributed by atoms with Crippen LogP contribution >= 0.6 is 0 Å². The van der Waals surface area contributed by atoms with Gasteiger partial charge in [0.15, 0.2) is 0 Å². The molecule has 0 fully saturated rings. The van der Waals surface area contributed by atoms with Gasteiger partial charge in [-0.2, -0.15) is 0 Å².